The van der Waals surface area contributed by atoms with E-state index in [0.29, 0.717) is 18.2 Å². The maximum absolute atomic E-state index is 13.5. The molecule has 1 unspecified atom stereocenters. The molecule has 0 radical (unpaired) electrons. The van der Waals surface area contributed by atoms with Gasteiger partial charge in [0, 0.05) is 29.2 Å². The smallest absolute Gasteiger partial charge is 0.128 e. The van der Waals surface area contributed by atoms with Crippen LogP contribution in [0.1, 0.15) is 18.4 Å². The maximum Gasteiger partial charge on any atom is 0.128 e. The van der Waals surface area contributed by atoms with E-state index in [1.165, 1.54) is 6.07 Å². The molecule has 1 atom stereocenters. The Morgan fingerprint density at radius 3 is 3.06 bits per heavy atom. The summed E-state index contributed by atoms with van der Waals surface area (Å²) in [5.74, 6) is -0.168. The van der Waals surface area contributed by atoms with Crippen LogP contribution in [0.25, 0.3) is 0 Å². The van der Waals surface area contributed by atoms with Crippen molar-refractivity contribution in [2.45, 2.75) is 25.4 Å². The monoisotopic (exact) mass is 287 g/mol. The average Bonchev–Trinajstić information content (AvgIpc) is 2.29. The van der Waals surface area contributed by atoms with Crippen LogP contribution >= 0.6 is 15.9 Å². The normalized spacial score (nSPS) is 21.0. The van der Waals surface area contributed by atoms with E-state index < -0.39 is 0 Å². The van der Waals surface area contributed by atoms with E-state index in [2.05, 4.69) is 21.2 Å². The Kier molecular flexibility index (Phi) is 4.32. The first-order valence-corrected chi connectivity index (χ1v) is 6.30. The SMILES string of the molecule is Fc1cc(Br)ccc1CNC1CCCOC1. The van der Waals surface area contributed by atoms with E-state index in [9.17, 15) is 4.39 Å². The number of benzene rings is 1. The number of hydrogen-bond acceptors (Lipinski definition) is 2. The second-order valence-corrected chi connectivity index (χ2v) is 4.95. The largest absolute Gasteiger partial charge is 0.380 e. The minimum Gasteiger partial charge on any atom is -0.380 e. The van der Waals surface area contributed by atoms with Crippen molar-refractivity contribution in [1.82, 2.24) is 5.32 Å². The molecule has 1 fully saturated rings. The lowest BCUT2D eigenvalue weighted by atomic mass is 10.1. The lowest BCUT2D eigenvalue weighted by Crippen LogP contribution is -2.36. The van der Waals surface area contributed by atoms with Gasteiger partial charge in [0.25, 0.3) is 0 Å². The zero-order chi connectivity index (χ0) is 11.4. The second kappa shape index (κ2) is 5.75. The summed E-state index contributed by atoms with van der Waals surface area (Å²) in [6.07, 6.45) is 2.19. The number of rotatable bonds is 3. The molecule has 16 heavy (non-hydrogen) atoms. The van der Waals surface area contributed by atoms with Crippen molar-refractivity contribution in [1.29, 1.82) is 0 Å². The first-order valence-electron chi connectivity index (χ1n) is 5.51. The number of nitrogens with one attached hydrogen (secondary N) is 1. The standard InChI is InChI=1S/C12H15BrFNO/c13-10-4-3-9(12(14)6-10)7-15-11-2-1-5-16-8-11/h3-4,6,11,15H,1-2,5,7-8H2. The van der Waals surface area contributed by atoms with Crippen LogP contribution < -0.4 is 5.32 Å². The molecule has 2 rings (SSSR count). The summed E-state index contributed by atoms with van der Waals surface area (Å²) < 4.78 is 19.6. The molecule has 1 aromatic rings. The molecule has 1 aliphatic heterocycles. The Morgan fingerprint density at radius 2 is 2.38 bits per heavy atom. The van der Waals surface area contributed by atoms with Crippen molar-refractivity contribution < 1.29 is 9.13 Å². The summed E-state index contributed by atoms with van der Waals surface area (Å²) in [7, 11) is 0. The summed E-state index contributed by atoms with van der Waals surface area (Å²) >= 11 is 3.24. The molecule has 1 N–H and O–H groups in total. The Bertz CT molecular complexity index is 353. The van der Waals surface area contributed by atoms with Gasteiger partial charge in [-0.05, 0) is 25.0 Å². The fraction of sp³-hybridized carbons (Fsp3) is 0.500. The molecule has 0 spiro atoms. The molecular weight excluding hydrogens is 273 g/mol. The fourth-order valence-corrected chi connectivity index (χ4v) is 2.15. The predicted octanol–water partition coefficient (Wildman–Crippen LogP) is 2.86. The van der Waals surface area contributed by atoms with Gasteiger partial charge in [0.05, 0.1) is 6.61 Å². The van der Waals surface area contributed by atoms with E-state index in [4.69, 9.17) is 4.74 Å². The van der Waals surface area contributed by atoms with Gasteiger partial charge in [-0.3, -0.25) is 0 Å². The van der Waals surface area contributed by atoms with Gasteiger partial charge in [-0.2, -0.15) is 0 Å². The van der Waals surface area contributed by atoms with Crippen LogP contribution in [0.3, 0.4) is 0 Å². The molecule has 4 heteroatoms. The zero-order valence-corrected chi connectivity index (χ0v) is 10.6. The van der Waals surface area contributed by atoms with Crippen molar-refractivity contribution in [3.63, 3.8) is 0 Å². The maximum atomic E-state index is 13.5. The summed E-state index contributed by atoms with van der Waals surface area (Å²) in [6.45, 7) is 2.15. The van der Waals surface area contributed by atoms with Crippen molar-refractivity contribution in [3.05, 3.63) is 34.1 Å². The minimum absolute atomic E-state index is 0.168. The Labute approximate surface area is 103 Å². The van der Waals surface area contributed by atoms with Gasteiger partial charge in [0.15, 0.2) is 0 Å². The fourth-order valence-electron chi connectivity index (χ4n) is 1.82. The van der Waals surface area contributed by atoms with Crippen LogP contribution in [-0.2, 0) is 11.3 Å². The summed E-state index contributed by atoms with van der Waals surface area (Å²) in [5, 5.41) is 3.32. The Balaban J connectivity index is 1.88. The van der Waals surface area contributed by atoms with Crippen LogP contribution in [0.5, 0.6) is 0 Å². The van der Waals surface area contributed by atoms with Crippen molar-refractivity contribution in [2.24, 2.45) is 0 Å². The topological polar surface area (TPSA) is 21.3 Å². The highest BCUT2D eigenvalue weighted by Gasteiger charge is 2.13. The van der Waals surface area contributed by atoms with Gasteiger partial charge in [-0.1, -0.05) is 22.0 Å². The average molecular weight is 288 g/mol. The molecule has 0 aromatic heterocycles. The highest BCUT2D eigenvalue weighted by Crippen LogP contribution is 2.15. The van der Waals surface area contributed by atoms with E-state index in [0.717, 1.165) is 30.5 Å². The summed E-state index contributed by atoms with van der Waals surface area (Å²) in [5.41, 5.74) is 0.703. The third-order valence-electron chi connectivity index (χ3n) is 2.76. The quantitative estimate of drug-likeness (QED) is 0.923. The predicted molar refractivity (Wildman–Crippen MR) is 64.8 cm³/mol. The van der Waals surface area contributed by atoms with Gasteiger partial charge >= 0.3 is 0 Å². The first-order chi connectivity index (χ1) is 7.75. The Morgan fingerprint density at radius 1 is 1.50 bits per heavy atom. The van der Waals surface area contributed by atoms with Crippen LogP contribution in [0, 0.1) is 5.82 Å². The molecule has 0 bridgehead atoms. The molecule has 0 amide bonds. The number of hydrogen-bond donors (Lipinski definition) is 1. The van der Waals surface area contributed by atoms with Crippen LogP contribution in [0.4, 0.5) is 4.39 Å². The molecule has 0 aliphatic carbocycles. The third kappa shape index (κ3) is 3.27. The molecule has 0 saturated carbocycles. The highest BCUT2D eigenvalue weighted by atomic mass is 79.9. The first kappa shape index (κ1) is 12.0. The second-order valence-electron chi connectivity index (χ2n) is 4.03. The molecule has 1 aromatic carbocycles. The van der Waals surface area contributed by atoms with E-state index in [-0.39, 0.29) is 5.82 Å². The van der Waals surface area contributed by atoms with Crippen LogP contribution in [0.2, 0.25) is 0 Å². The van der Waals surface area contributed by atoms with Crippen molar-refractivity contribution in [2.75, 3.05) is 13.2 Å². The van der Waals surface area contributed by atoms with Gasteiger partial charge in [-0.25, -0.2) is 4.39 Å². The van der Waals surface area contributed by atoms with Crippen LogP contribution in [-0.4, -0.2) is 19.3 Å². The summed E-state index contributed by atoms with van der Waals surface area (Å²) in [4.78, 5) is 0. The number of halogens is 2. The molecule has 2 nitrogen and oxygen atoms in total. The Hall–Kier alpha value is -0.450. The van der Waals surface area contributed by atoms with Gasteiger partial charge in [0.2, 0.25) is 0 Å². The molecule has 88 valence electrons. The zero-order valence-electron chi connectivity index (χ0n) is 9.01. The highest BCUT2D eigenvalue weighted by molar-refractivity contribution is 9.10. The van der Waals surface area contributed by atoms with Gasteiger partial charge in [-0.15, -0.1) is 0 Å². The molecule has 1 saturated heterocycles. The van der Waals surface area contributed by atoms with E-state index >= 15 is 0 Å². The van der Waals surface area contributed by atoms with Gasteiger partial charge < -0.3 is 10.1 Å². The van der Waals surface area contributed by atoms with Crippen molar-refractivity contribution >= 4 is 15.9 Å². The minimum atomic E-state index is -0.168. The molecule has 1 aliphatic rings. The summed E-state index contributed by atoms with van der Waals surface area (Å²) in [6, 6.07) is 5.51. The molecule has 1 heterocycles. The van der Waals surface area contributed by atoms with E-state index in [1.54, 1.807) is 6.07 Å². The van der Waals surface area contributed by atoms with Crippen molar-refractivity contribution in [3.8, 4) is 0 Å². The molecular formula is C12H15BrFNO. The van der Waals surface area contributed by atoms with E-state index in [1.807, 2.05) is 6.07 Å². The lowest BCUT2D eigenvalue weighted by Gasteiger charge is -2.23. The number of ether oxygens (including phenoxy) is 1. The third-order valence-corrected chi connectivity index (χ3v) is 3.25. The lowest BCUT2D eigenvalue weighted by molar-refractivity contribution is 0.0698. The van der Waals surface area contributed by atoms with Crippen LogP contribution in [0.15, 0.2) is 22.7 Å². The van der Waals surface area contributed by atoms with Gasteiger partial charge in [0.1, 0.15) is 5.82 Å².